The Labute approximate surface area is 247 Å². The van der Waals surface area contributed by atoms with Crippen LogP contribution in [0.3, 0.4) is 0 Å². The standard InChI is InChI=1S/C30H34F4N4O3S/c1-29-11-10-24(16-20(29)2-3-21(31)18-29)36-12-14-37(15-13-36)28(42)19-41-25-7-4-22(5-8-25)35-23-6-9-27(38(39)40)26(17-23)30(32,33)34/h2-3,6,9-11,16-17,22,25,35H,4-5,7-8,12-15,18-19H2,1H3. The molecule has 12 heteroatoms. The molecule has 0 bridgehead atoms. The van der Waals surface area contributed by atoms with Crippen molar-refractivity contribution < 1.29 is 27.2 Å². The molecule has 0 spiro atoms. The molecule has 5 rings (SSSR count). The predicted octanol–water partition coefficient (Wildman–Crippen LogP) is 6.94. The van der Waals surface area contributed by atoms with Gasteiger partial charge in [0.1, 0.15) is 16.4 Å². The molecule has 0 aromatic heterocycles. The van der Waals surface area contributed by atoms with E-state index in [9.17, 15) is 27.7 Å². The summed E-state index contributed by atoms with van der Waals surface area (Å²) < 4.78 is 59.8. The summed E-state index contributed by atoms with van der Waals surface area (Å²) in [4.78, 5) is 15.2. The average Bonchev–Trinajstić information content (AvgIpc) is 2.95. The van der Waals surface area contributed by atoms with Crippen molar-refractivity contribution in [2.24, 2.45) is 5.41 Å². The zero-order valence-electron chi connectivity index (χ0n) is 23.3. The zero-order valence-corrected chi connectivity index (χ0v) is 24.1. The first kappa shape index (κ1) is 30.2. The molecule has 1 aliphatic heterocycles. The second-order valence-corrected chi connectivity index (χ2v) is 12.0. The molecule has 7 nitrogen and oxygen atoms in total. The maximum atomic E-state index is 13.8. The molecule has 0 radical (unpaired) electrons. The fraction of sp³-hybridized carbons (Fsp3) is 0.500. The number of thiocarbonyl (C=S) groups is 1. The Morgan fingerprint density at radius 3 is 2.55 bits per heavy atom. The third kappa shape index (κ3) is 6.86. The lowest BCUT2D eigenvalue weighted by molar-refractivity contribution is -0.388. The monoisotopic (exact) mass is 606 g/mol. The number of hydrogen-bond donors (Lipinski definition) is 1. The van der Waals surface area contributed by atoms with E-state index in [-0.39, 0.29) is 29.1 Å². The summed E-state index contributed by atoms with van der Waals surface area (Å²) in [6.45, 7) is 5.61. The molecule has 226 valence electrons. The van der Waals surface area contributed by atoms with E-state index in [1.807, 2.05) is 6.08 Å². The first-order chi connectivity index (χ1) is 19.9. The molecule has 1 saturated heterocycles. The van der Waals surface area contributed by atoms with Gasteiger partial charge in [0.25, 0.3) is 5.69 Å². The highest BCUT2D eigenvalue weighted by Gasteiger charge is 2.39. The van der Waals surface area contributed by atoms with Crippen LogP contribution in [-0.4, -0.2) is 64.6 Å². The number of nitro groups is 1. The number of fused-ring (bicyclic) bond motifs is 1. The van der Waals surface area contributed by atoms with Crippen molar-refractivity contribution in [2.45, 2.75) is 57.3 Å². The van der Waals surface area contributed by atoms with Crippen LogP contribution >= 0.6 is 12.2 Å². The van der Waals surface area contributed by atoms with E-state index in [4.69, 9.17) is 17.0 Å². The smallest absolute Gasteiger partial charge is 0.382 e. The van der Waals surface area contributed by atoms with Crippen molar-refractivity contribution >= 4 is 28.6 Å². The van der Waals surface area contributed by atoms with E-state index >= 15 is 0 Å². The molecule has 4 aliphatic rings. The molecule has 1 unspecified atom stereocenters. The SMILES string of the molecule is CC12C=CC(N3CCN(C(=S)COC4CCC(Nc5ccc([N+](=O)[O-])c(C(F)(F)F)c5)CC4)CC3)=CC1=CC=C(F)C2. The van der Waals surface area contributed by atoms with Gasteiger partial charge in [0.2, 0.25) is 0 Å². The maximum absolute atomic E-state index is 13.8. The lowest BCUT2D eigenvalue weighted by atomic mass is 9.73. The van der Waals surface area contributed by atoms with Crippen molar-refractivity contribution in [2.75, 3.05) is 38.1 Å². The van der Waals surface area contributed by atoms with Gasteiger partial charge >= 0.3 is 6.18 Å². The van der Waals surface area contributed by atoms with Crippen LogP contribution in [0.1, 0.15) is 44.6 Å². The minimum Gasteiger partial charge on any atom is -0.382 e. The van der Waals surface area contributed by atoms with E-state index in [0.717, 1.165) is 67.4 Å². The lowest BCUT2D eigenvalue weighted by Crippen LogP contribution is -2.49. The van der Waals surface area contributed by atoms with Crippen LogP contribution in [-0.2, 0) is 10.9 Å². The molecule has 1 heterocycles. The van der Waals surface area contributed by atoms with Gasteiger partial charge in [-0.25, -0.2) is 4.39 Å². The van der Waals surface area contributed by atoms with Crippen LogP contribution in [0.5, 0.6) is 0 Å². The number of nitro benzene ring substituents is 1. The predicted molar refractivity (Wildman–Crippen MR) is 157 cm³/mol. The number of piperazine rings is 1. The summed E-state index contributed by atoms with van der Waals surface area (Å²) in [5.41, 5.74) is -0.0338. The van der Waals surface area contributed by atoms with Gasteiger partial charge in [-0.05, 0) is 61.6 Å². The molecule has 1 saturated carbocycles. The summed E-state index contributed by atoms with van der Waals surface area (Å²) in [6, 6.07) is 2.97. The van der Waals surface area contributed by atoms with Crippen molar-refractivity contribution in [1.82, 2.24) is 9.80 Å². The van der Waals surface area contributed by atoms with E-state index in [1.54, 1.807) is 6.08 Å². The molecular formula is C30H34F4N4O3S. The quantitative estimate of drug-likeness (QED) is 0.156. The first-order valence-electron chi connectivity index (χ1n) is 14.2. The number of rotatable bonds is 7. The van der Waals surface area contributed by atoms with E-state index in [0.29, 0.717) is 25.9 Å². The van der Waals surface area contributed by atoms with Crippen LogP contribution in [0.4, 0.5) is 28.9 Å². The largest absolute Gasteiger partial charge is 0.423 e. The number of halogens is 4. The summed E-state index contributed by atoms with van der Waals surface area (Å²) in [5, 5.41) is 14.1. The summed E-state index contributed by atoms with van der Waals surface area (Å²) in [7, 11) is 0. The average molecular weight is 607 g/mol. The molecule has 1 aromatic carbocycles. The number of alkyl halides is 3. The van der Waals surface area contributed by atoms with Gasteiger partial charge in [0, 0.05) is 61.5 Å². The number of nitrogens with zero attached hydrogens (tertiary/aromatic N) is 3. The third-order valence-corrected chi connectivity index (χ3v) is 8.92. The maximum Gasteiger partial charge on any atom is 0.423 e. The van der Waals surface area contributed by atoms with Crippen LogP contribution < -0.4 is 5.32 Å². The molecule has 1 aromatic rings. The number of ether oxygens (including phenoxy) is 1. The normalized spacial score (nSPS) is 26.2. The molecular weight excluding hydrogens is 572 g/mol. The topological polar surface area (TPSA) is 70.9 Å². The Bertz CT molecular complexity index is 1340. The van der Waals surface area contributed by atoms with Crippen LogP contribution in [0, 0.1) is 15.5 Å². The second-order valence-electron chi connectivity index (χ2n) is 11.5. The Balaban J connectivity index is 1.05. The first-order valence-corrected chi connectivity index (χ1v) is 14.6. The fourth-order valence-corrected chi connectivity index (χ4v) is 6.29. The number of anilines is 1. The third-order valence-electron chi connectivity index (χ3n) is 8.55. The summed E-state index contributed by atoms with van der Waals surface area (Å²) in [5.74, 6) is -0.0954. The Morgan fingerprint density at radius 1 is 1.17 bits per heavy atom. The van der Waals surface area contributed by atoms with Crippen LogP contribution in [0.25, 0.3) is 0 Å². The summed E-state index contributed by atoms with van der Waals surface area (Å²) in [6.07, 6.45) is 8.24. The minimum absolute atomic E-state index is 0.0133. The van der Waals surface area contributed by atoms with Crippen LogP contribution in [0.2, 0.25) is 0 Å². The molecule has 1 N–H and O–H groups in total. The van der Waals surface area contributed by atoms with Crippen molar-refractivity contribution in [3.63, 3.8) is 0 Å². The van der Waals surface area contributed by atoms with Crippen molar-refractivity contribution in [3.05, 3.63) is 81.4 Å². The fourth-order valence-electron chi connectivity index (χ4n) is 6.04. The number of benzene rings is 1. The van der Waals surface area contributed by atoms with Crippen molar-refractivity contribution in [1.29, 1.82) is 0 Å². The molecule has 0 amide bonds. The molecule has 2 fully saturated rings. The zero-order chi connectivity index (χ0) is 30.1. The number of allylic oxidation sites excluding steroid dienone is 7. The minimum atomic E-state index is -4.81. The molecule has 3 aliphatic carbocycles. The Kier molecular flexibility index (Phi) is 8.75. The number of hydrogen-bond acceptors (Lipinski definition) is 6. The van der Waals surface area contributed by atoms with Crippen LogP contribution in [0.15, 0.2) is 65.7 Å². The van der Waals surface area contributed by atoms with E-state index in [2.05, 4.69) is 40.3 Å². The highest BCUT2D eigenvalue weighted by Crippen LogP contribution is 2.43. The molecule has 42 heavy (non-hydrogen) atoms. The van der Waals surface area contributed by atoms with Gasteiger partial charge in [-0.15, -0.1) is 0 Å². The van der Waals surface area contributed by atoms with Gasteiger partial charge in [0.05, 0.1) is 17.6 Å². The van der Waals surface area contributed by atoms with Gasteiger partial charge < -0.3 is 19.9 Å². The number of nitrogens with one attached hydrogen (secondary N) is 1. The van der Waals surface area contributed by atoms with Gasteiger partial charge in [-0.2, -0.15) is 13.2 Å². The lowest BCUT2D eigenvalue weighted by Gasteiger charge is -2.40. The summed E-state index contributed by atoms with van der Waals surface area (Å²) >= 11 is 5.67. The van der Waals surface area contributed by atoms with Crippen molar-refractivity contribution in [3.8, 4) is 0 Å². The Hall–Kier alpha value is -3.25. The van der Waals surface area contributed by atoms with E-state index < -0.39 is 22.4 Å². The molecule has 1 atom stereocenters. The van der Waals surface area contributed by atoms with Gasteiger partial charge in [-0.3, -0.25) is 10.1 Å². The highest BCUT2D eigenvalue weighted by atomic mass is 32.1. The van der Waals surface area contributed by atoms with Gasteiger partial charge in [0.15, 0.2) is 0 Å². The van der Waals surface area contributed by atoms with E-state index in [1.165, 1.54) is 6.07 Å². The second kappa shape index (κ2) is 12.2. The highest BCUT2D eigenvalue weighted by molar-refractivity contribution is 7.80. The van der Waals surface area contributed by atoms with Gasteiger partial charge in [-0.1, -0.05) is 31.3 Å². The Morgan fingerprint density at radius 2 is 1.88 bits per heavy atom.